The van der Waals surface area contributed by atoms with E-state index in [1.165, 1.54) is 0 Å². The first-order valence-electron chi connectivity index (χ1n) is 5.01. The molecule has 0 radical (unpaired) electrons. The molecule has 0 aliphatic heterocycles. The predicted molar refractivity (Wildman–Crippen MR) is 57.1 cm³/mol. The number of carboxylic acid groups (broad SMARTS) is 1. The van der Waals surface area contributed by atoms with Gasteiger partial charge in [-0.15, -0.1) is 12.3 Å². The Morgan fingerprint density at radius 1 is 1.53 bits per heavy atom. The van der Waals surface area contributed by atoms with Crippen LogP contribution < -0.4 is 5.32 Å². The summed E-state index contributed by atoms with van der Waals surface area (Å²) in [6.45, 7) is 2.17. The van der Waals surface area contributed by atoms with Gasteiger partial charge >= 0.3 is 5.97 Å². The lowest BCUT2D eigenvalue weighted by atomic mass is 10.1. The monoisotopic (exact) mass is 211 g/mol. The molecule has 0 bridgehead atoms. The highest BCUT2D eigenvalue weighted by atomic mass is 16.4. The average Bonchev–Trinajstić information content (AvgIpc) is 2.20. The van der Waals surface area contributed by atoms with Crippen LogP contribution in [0, 0.1) is 18.3 Å². The number of hydrogen-bond acceptors (Lipinski definition) is 2. The van der Waals surface area contributed by atoms with Crippen molar-refractivity contribution < 1.29 is 14.7 Å². The largest absolute Gasteiger partial charge is 0.481 e. The minimum absolute atomic E-state index is 0.0732. The molecule has 0 saturated carbocycles. The molecule has 0 aromatic rings. The average molecular weight is 211 g/mol. The number of amides is 1. The fraction of sp³-hybridized carbons (Fsp3) is 0.636. The number of rotatable bonds is 7. The molecule has 2 N–H and O–H groups in total. The van der Waals surface area contributed by atoms with E-state index < -0.39 is 5.97 Å². The van der Waals surface area contributed by atoms with E-state index in [9.17, 15) is 9.59 Å². The van der Waals surface area contributed by atoms with Gasteiger partial charge in [-0.1, -0.05) is 6.92 Å². The second-order valence-electron chi connectivity index (χ2n) is 3.44. The number of hydrogen-bond donors (Lipinski definition) is 2. The molecule has 4 heteroatoms. The van der Waals surface area contributed by atoms with Crippen LogP contribution >= 0.6 is 0 Å². The van der Waals surface area contributed by atoms with Gasteiger partial charge in [-0.2, -0.15) is 0 Å². The van der Waals surface area contributed by atoms with E-state index in [1.807, 2.05) is 0 Å². The molecule has 1 atom stereocenters. The highest BCUT2D eigenvalue weighted by Gasteiger charge is 2.09. The summed E-state index contributed by atoms with van der Waals surface area (Å²) in [7, 11) is 0. The highest BCUT2D eigenvalue weighted by molar-refractivity contribution is 5.76. The normalized spacial score (nSPS) is 11.5. The molecule has 0 saturated heterocycles. The molecular weight excluding hydrogens is 194 g/mol. The zero-order valence-electron chi connectivity index (χ0n) is 8.95. The Bertz CT molecular complexity index is 255. The Morgan fingerprint density at radius 2 is 2.20 bits per heavy atom. The van der Waals surface area contributed by atoms with Gasteiger partial charge in [-0.3, -0.25) is 9.59 Å². The van der Waals surface area contributed by atoms with E-state index in [2.05, 4.69) is 11.2 Å². The fourth-order valence-electron chi connectivity index (χ4n) is 1.03. The van der Waals surface area contributed by atoms with E-state index in [0.29, 0.717) is 32.2 Å². The molecule has 4 nitrogen and oxygen atoms in total. The molecule has 1 unspecified atom stereocenters. The molecule has 84 valence electrons. The first kappa shape index (κ1) is 13.5. The molecule has 0 aliphatic carbocycles. The van der Waals surface area contributed by atoms with E-state index >= 15 is 0 Å². The fourth-order valence-corrected chi connectivity index (χ4v) is 1.03. The molecule has 0 heterocycles. The van der Waals surface area contributed by atoms with Crippen LogP contribution in [0.1, 0.15) is 32.6 Å². The summed E-state index contributed by atoms with van der Waals surface area (Å²) in [5.41, 5.74) is 0. The summed E-state index contributed by atoms with van der Waals surface area (Å²) in [4.78, 5) is 21.5. The van der Waals surface area contributed by atoms with Crippen LogP contribution in [0.4, 0.5) is 0 Å². The third-order valence-corrected chi connectivity index (χ3v) is 2.05. The molecule has 0 spiro atoms. The van der Waals surface area contributed by atoms with Crippen LogP contribution in [0.2, 0.25) is 0 Å². The molecule has 0 aromatic carbocycles. The smallest absolute Gasteiger partial charge is 0.306 e. The maximum absolute atomic E-state index is 11.1. The molecular formula is C11H17NO3. The van der Waals surface area contributed by atoms with Gasteiger partial charge in [0.15, 0.2) is 0 Å². The van der Waals surface area contributed by atoms with Gasteiger partial charge in [-0.05, 0) is 12.8 Å². The third-order valence-electron chi connectivity index (χ3n) is 2.05. The topological polar surface area (TPSA) is 66.4 Å². The maximum atomic E-state index is 11.1. The second kappa shape index (κ2) is 7.86. The van der Waals surface area contributed by atoms with E-state index in [-0.39, 0.29) is 11.8 Å². The van der Waals surface area contributed by atoms with Crippen molar-refractivity contribution in [1.82, 2.24) is 5.32 Å². The zero-order chi connectivity index (χ0) is 11.7. The van der Waals surface area contributed by atoms with Crippen molar-refractivity contribution in [3.05, 3.63) is 0 Å². The lowest BCUT2D eigenvalue weighted by molar-refractivity contribution is -0.141. The van der Waals surface area contributed by atoms with Crippen LogP contribution in [0.3, 0.4) is 0 Å². The Labute approximate surface area is 90.1 Å². The Hall–Kier alpha value is -1.50. The van der Waals surface area contributed by atoms with Crippen LogP contribution in [0.25, 0.3) is 0 Å². The summed E-state index contributed by atoms with van der Waals surface area (Å²) in [5, 5.41) is 11.3. The highest BCUT2D eigenvalue weighted by Crippen LogP contribution is 2.04. The van der Waals surface area contributed by atoms with E-state index in [4.69, 9.17) is 11.5 Å². The summed E-state index contributed by atoms with van der Waals surface area (Å²) in [6.07, 6.45) is 7.04. The van der Waals surface area contributed by atoms with Gasteiger partial charge in [0.2, 0.25) is 5.91 Å². The van der Waals surface area contributed by atoms with Crippen molar-refractivity contribution in [2.24, 2.45) is 5.92 Å². The molecule has 1 amide bonds. The zero-order valence-corrected chi connectivity index (χ0v) is 8.95. The third kappa shape index (κ3) is 7.56. The molecule has 0 aromatic heterocycles. The van der Waals surface area contributed by atoms with Crippen molar-refractivity contribution >= 4 is 11.9 Å². The number of carbonyl (C=O) groups excluding carboxylic acids is 1. The Morgan fingerprint density at radius 3 is 2.73 bits per heavy atom. The maximum Gasteiger partial charge on any atom is 0.306 e. The first-order valence-corrected chi connectivity index (χ1v) is 5.01. The SMILES string of the molecule is C#CCCC(=O)NCCCC(C)C(=O)O. The summed E-state index contributed by atoms with van der Waals surface area (Å²) >= 11 is 0. The van der Waals surface area contributed by atoms with Crippen molar-refractivity contribution in [3.63, 3.8) is 0 Å². The van der Waals surface area contributed by atoms with Crippen molar-refractivity contribution in [3.8, 4) is 12.3 Å². The van der Waals surface area contributed by atoms with E-state index in [1.54, 1.807) is 6.92 Å². The van der Waals surface area contributed by atoms with Crippen molar-refractivity contribution in [1.29, 1.82) is 0 Å². The number of carbonyl (C=O) groups is 2. The van der Waals surface area contributed by atoms with Gasteiger partial charge in [0, 0.05) is 19.4 Å². The first-order chi connectivity index (χ1) is 7.07. The van der Waals surface area contributed by atoms with Crippen LogP contribution in [-0.2, 0) is 9.59 Å². The number of carboxylic acids is 1. The Kier molecular flexibility index (Phi) is 7.08. The van der Waals surface area contributed by atoms with Gasteiger partial charge in [0.1, 0.15) is 0 Å². The number of aliphatic carboxylic acids is 1. The van der Waals surface area contributed by atoms with Crippen LogP contribution in [0.5, 0.6) is 0 Å². The van der Waals surface area contributed by atoms with Crippen molar-refractivity contribution in [2.45, 2.75) is 32.6 Å². The van der Waals surface area contributed by atoms with E-state index in [0.717, 1.165) is 0 Å². The lowest BCUT2D eigenvalue weighted by Gasteiger charge is -2.06. The van der Waals surface area contributed by atoms with Crippen LogP contribution in [-0.4, -0.2) is 23.5 Å². The summed E-state index contributed by atoms with van der Waals surface area (Å²) < 4.78 is 0. The van der Waals surface area contributed by atoms with Gasteiger partial charge in [0.25, 0.3) is 0 Å². The van der Waals surface area contributed by atoms with Gasteiger partial charge < -0.3 is 10.4 Å². The summed E-state index contributed by atoms with van der Waals surface area (Å²) in [5.74, 6) is 1.16. The van der Waals surface area contributed by atoms with Gasteiger partial charge in [0.05, 0.1) is 5.92 Å². The minimum atomic E-state index is -0.798. The van der Waals surface area contributed by atoms with Gasteiger partial charge in [-0.25, -0.2) is 0 Å². The molecule has 15 heavy (non-hydrogen) atoms. The molecule has 0 rings (SSSR count). The predicted octanol–water partition coefficient (Wildman–Crippen LogP) is 1.02. The Balaban J connectivity index is 3.43. The van der Waals surface area contributed by atoms with Crippen LogP contribution in [0.15, 0.2) is 0 Å². The second-order valence-corrected chi connectivity index (χ2v) is 3.44. The summed E-state index contributed by atoms with van der Waals surface area (Å²) in [6, 6.07) is 0. The minimum Gasteiger partial charge on any atom is -0.481 e. The number of terminal acetylenes is 1. The standard InChI is InChI=1S/C11H17NO3/c1-3-4-7-10(13)12-8-5-6-9(2)11(14)15/h1,9H,4-8H2,2H3,(H,12,13)(H,14,15). The quantitative estimate of drug-likeness (QED) is 0.488. The molecule has 0 aliphatic rings. The molecule has 0 fully saturated rings. The lowest BCUT2D eigenvalue weighted by Crippen LogP contribution is -2.24. The number of nitrogens with one attached hydrogen (secondary N) is 1. The van der Waals surface area contributed by atoms with Crippen molar-refractivity contribution in [2.75, 3.05) is 6.54 Å².